The third-order valence-electron chi connectivity index (χ3n) is 8.26. The third kappa shape index (κ3) is 6.32. The van der Waals surface area contributed by atoms with E-state index < -0.39 is 23.6 Å². The van der Waals surface area contributed by atoms with Crippen molar-refractivity contribution in [3.8, 4) is 5.69 Å². The number of anilines is 2. The summed E-state index contributed by atoms with van der Waals surface area (Å²) in [5.41, 5.74) is 2.53. The van der Waals surface area contributed by atoms with Gasteiger partial charge in [0, 0.05) is 45.3 Å². The number of nitrogens with one attached hydrogen (secondary N) is 2. The van der Waals surface area contributed by atoms with Crippen LogP contribution in [0.25, 0.3) is 38.4 Å². The first-order valence-corrected chi connectivity index (χ1v) is 16.6. The van der Waals surface area contributed by atoms with Crippen molar-refractivity contribution in [2.24, 2.45) is 0 Å². The lowest BCUT2D eigenvalue weighted by molar-refractivity contribution is -0.137. The normalized spacial score (nSPS) is 11.7. The van der Waals surface area contributed by atoms with E-state index in [1.807, 2.05) is 30.3 Å². The first kappa shape index (κ1) is 32.7. The smallest absolute Gasteiger partial charge is 0.341 e. The molecule has 2 heterocycles. The predicted octanol–water partition coefficient (Wildman–Crippen LogP) is 8.52. The standard InChI is InChI=1S/C38H28F3N5O3S/c1-2-45-32-16-6-4-13-28(32)30-21-27(17-18-33(30)45)46-36(49)29-14-3-5-15-31(29)44-37(46)50-22-34(47)42-25-11-7-9-23(19-25)35(48)43-26-12-8-10-24(20-26)38(39,40)41/h3-21H,2,22H2,1H3,(H,42,47)(H,43,48). The molecule has 0 aliphatic heterocycles. The summed E-state index contributed by atoms with van der Waals surface area (Å²) in [6.07, 6.45) is -4.55. The molecule has 0 saturated heterocycles. The molecular weight excluding hydrogens is 664 g/mol. The largest absolute Gasteiger partial charge is 0.416 e. The van der Waals surface area contributed by atoms with Crippen molar-refractivity contribution < 1.29 is 22.8 Å². The molecule has 0 radical (unpaired) electrons. The van der Waals surface area contributed by atoms with Gasteiger partial charge in [-0.3, -0.25) is 19.0 Å². The Balaban J connectivity index is 1.14. The maximum atomic E-state index is 14.0. The molecule has 50 heavy (non-hydrogen) atoms. The summed E-state index contributed by atoms with van der Waals surface area (Å²) < 4.78 is 43.1. The van der Waals surface area contributed by atoms with Crippen molar-refractivity contribution in [3.63, 3.8) is 0 Å². The molecule has 2 aromatic heterocycles. The number of rotatable bonds is 8. The van der Waals surface area contributed by atoms with Gasteiger partial charge in [-0.1, -0.05) is 54.2 Å². The number of hydrogen-bond acceptors (Lipinski definition) is 5. The van der Waals surface area contributed by atoms with Gasteiger partial charge in [0.15, 0.2) is 5.16 Å². The molecule has 0 saturated carbocycles. The van der Waals surface area contributed by atoms with Gasteiger partial charge in [-0.25, -0.2) is 4.98 Å². The predicted molar refractivity (Wildman–Crippen MR) is 191 cm³/mol. The lowest BCUT2D eigenvalue weighted by atomic mass is 10.1. The number of carbonyl (C=O) groups excluding carboxylic acids is 2. The molecule has 0 aliphatic rings. The van der Waals surface area contributed by atoms with E-state index in [0.717, 1.165) is 52.2 Å². The summed E-state index contributed by atoms with van der Waals surface area (Å²) in [4.78, 5) is 44.8. The fraction of sp³-hybridized carbons (Fsp3) is 0.105. The number of thioether (sulfide) groups is 1. The highest BCUT2D eigenvalue weighted by molar-refractivity contribution is 7.99. The average Bonchev–Trinajstić information content (AvgIpc) is 3.43. The van der Waals surface area contributed by atoms with Crippen LogP contribution in [0.15, 0.2) is 125 Å². The molecule has 12 heteroatoms. The summed E-state index contributed by atoms with van der Waals surface area (Å²) in [5.74, 6) is -1.16. The highest BCUT2D eigenvalue weighted by atomic mass is 32.2. The van der Waals surface area contributed by atoms with Crippen LogP contribution in [0.1, 0.15) is 22.8 Å². The lowest BCUT2D eigenvalue weighted by Gasteiger charge is -2.14. The molecule has 7 aromatic rings. The molecule has 250 valence electrons. The van der Waals surface area contributed by atoms with Crippen molar-refractivity contribution in [2.45, 2.75) is 24.8 Å². The number of amides is 2. The number of fused-ring (bicyclic) bond motifs is 4. The van der Waals surface area contributed by atoms with Gasteiger partial charge in [0.2, 0.25) is 5.91 Å². The first-order chi connectivity index (χ1) is 24.1. The van der Waals surface area contributed by atoms with Crippen LogP contribution in [0.5, 0.6) is 0 Å². The minimum Gasteiger partial charge on any atom is -0.341 e. The van der Waals surface area contributed by atoms with E-state index in [0.29, 0.717) is 27.4 Å². The molecule has 2 amide bonds. The molecule has 5 aromatic carbocycles. The molecule has 0 unspecified atom stereocenters. The van der Waals surface area contributed by atoms with Gasteiger partial charge >= 0.3 is 6.18 Å². The minimum atomic E-state index is -4.55. The van der Waals surface area contributed by atoms with Gasteiger partial charge in [0.1, 0.15) is 0 Å². The molecular formula is C38H28F3N5O3S. The summed E-state index contributed by atoms with van der Waals surface area (Å²) in [6.45, 7) is 2.86. The molecule has 0 bridgehead atoms. The Hall–Kier alpha value is -5.88. The number of para-hydroxylation sites is 2. The number of carbonyl (C=O) groups is 2. The first-order valence-electron chi connectivity index (χ1n) is 15.6. The van der Waals surface area contributed by atoms with Crippen LogP contribution in [-0.4, -0.2) is 31.7 Å². The van der Waals surface area contributed by atoms with Crippen LogP contribution in [0.3, 0.4) is 0 Å². The highest BCUT2D eigenvalue weighted by Crippen LogP contribution is 2.33. The fourth-order valence-electron chi connectivity index (χ4n) is 6.00. The molecule has 2 N–H and O–H groups in total. The van der Waals surface area contributed by atoms with E-state index in [1.54, 1.807) is 36.4 Å². The maximum Gasteiger partial charge on any atom is 0.416 e. The molecule has 0 fully saturated rings. The van der Waals surface area contributed by atoms with Gasteiger partial charge in [0.05, 0.1) is 27.9 Å². The number of halogens is 3. The monoisotopic (exact) mass is 691 g/mol. The quantitative estimate of drug-likeness (QED) is 0.123. The van der Waals surface area contributed by atoms with E-state index in [4.69, 9.17) is 4.98 Å². The molecule has 7 rings (SSSR count). The molecule has 0 spiro atoms. The lowest BCUT2D eigenvalue weighted by Crippen LogP contribution is -2.23. The average molecular weight is 692 g/mol. The number of alkyl halides is 3. The van der Waals surface area contributed by atoms with Gasteiger partial charge in [-0.05, 0) is 79.7 Å². The van der Waals surface area contributed by atoms with Gasteiger partial charge in [-0.15, -0.1) is 0 Å². The SMILES string of the molecule is CCn1c2ccccc2c2cc(-n3c(SCC(=O)Nc4cccc(C(=O)Nc5cccc(C(F)(F)F)c5)c4)nc4ccccc4c3=O)ccc21. The Morgan fingerprint density at radius 2 is 1.46 bits per heavy atom. The Kier molecular flexibility index (Phi) is 8.62. The zero-order valence-corrected chi connectivity index (χ0v) is 27.3. The van der Waals surface area contributed by atoms with Gasteiger partial charge < -0.3 is 15.2 Å². The van der Waals surface area contributed by atoms with Crippen molar-refractivity contribution >= 4 is 67.7 Å². The minimum absolute atomic E-state index is 0.0140. The van der Waals surface area contributed by atoms with Crippen LogP contribution in [0.4, 0.5) is 24.5 Å². The van der Waals surface area contributed by atoms with E-state index in [-0.39, 0.29) is 22.6 Å². The third-order valence-corrected chi connectivity index (χ3v) is 9.20. The Labute approximate surface area is 287 Å². The van der Waals surface area contributed by atoms with E-state index in [2.05, 4.69) is 34.3 Å². The van der Waals surface area contributed by atoms with Crippen LogP contribution in [0, 0.1) is 0 Å². The zero-order valence-electron chi connectivity index (χ0n) is 26.5. The second kappa shape index (κ2) is 13.2. The second-order valence-corrected chi connectivity index (χ2v) is 12.4. The van der Waals surface area contributed by atoms with Crippen molar-refractivity contribution in [1.82, 2.24) is 14.1 Å². The van der Waals surface area contributed by atoms with Crippen LogP contribution in [-0.2, 0) is 17.5 Å². The van der Waals surface area contributed by atoms with E-state index >= 15 is 0 Å². The summed E-state index contributed by atoms with van der Waals surface area (Å²) >= 11 is 1.10. The maximum absolute atomic E-state index is 14.0. The number of aromatic nitrogens is 3. The van der Waals surface area contributed by atoms with E-state index in [1.165, 1.54) is 28.8 Å². The fourth-order valence-corrected chi connectivity index (χ4v) is 6.81. The second-order valence-electron chi connectivity index (χ2n) is 11.5. The molecule has 0 aliphatic carbocycles. The summed E-state index contributed by atoms with van der Waals surface area (Å²) in [6, 6.07) is 31.4. The zero-order chi connectivity index (χ0) is 35.0. The number of nitrogens with zero attached hydrogens (tertiary/aromatic N) is 3. The van der Waals surface area contributed by atoms with Crippen LogP contribution < -0.4 is 16.2 Å². The van der Waals surface area contributed by atoms with Gasteiger partial charge in [-0.2, -0.15) is 13.2 Å². The number of aryl methyl sites for hydroxylation is 1. The van der Waals surface area contributed by atoms with E-state index in [9.17, 15) is 27.6 Å². The molecule has 8 nitrogen and oxygen atoms in total. The summed E-state index contributed by atoms with van der Waals surface area (Å²) in [7, 11) is 0. The summed E-state index contributed by atoms with van der Waals surface area (Å²) in [5, 5.41) is 8.05. The topological polar surface area (TPSA) is 98.0 Å². The Morgan fingerprint density at radius 3 is 2.24 bits per heavy atom. The van der Waals surface area contributed by atoms with Crippen LogP contribution >= 0.6 is 11.8 Å². The van der Waals surface area contributed by atoms with Crippen molar-refractivity contribution in [1.29, 1.82) is 0 Å². The van der Waals surface area contributed by atoms with Crippen molar-refractivity contribution in [3.05, 3.63) is 137 Å². The number of benzene rings is 5. The number of hydrogen-bond donors (Lipinski definition) is 2. The van der Waals surface area contributed by atoms with Crippen molar-refractivity contribution in [2.75, 3.05) is 16.4 Å². The van der Waals surface area contributed by atoms with Gasteiger partial charge in [0.25, 0.3) is 11.5 Å². The van der Waals surface area contributed by atoms with Crippen LogP contribution in [0.2, 0.25) is 0 Å². The molecule has 0 atom stereocenters. The Morgan fingerprint density at radius 1 is 0.760 bits per heavy atom. The highest BCUT2D eigenvalue weighted by Gasteiger charge is 2.30. The Bertz CT molecular complexity index is 2510.